The minimum Gasteiger partial charge on any atom is -0.383 e. The van der Waals surface area contributed by atoms with Gasteiger partial charge in [0, 0.05) is 32.4 Å². The van der Waals surface area contributed by atoms with Crippen LogP contribution < -0.4 is 10.2 Å². The van der Waals surface area contributed by atoms with Crippen LogP contribution in [0.1, 0.15) is 12.5 Å². The fraction of sp³-hybridized carbons (Fsp3) is 0.538. The van der Waals surface area contributed by atoms with Gasteiger partial charge in [-0.05, 0) is 37.7 Å². The van der Waals surface area contributed by atoms with E-state index in [0.717, 1.165) is 24.3 Å². The molecule has 1 rings (SSSR count). The van der Waals surface area contributed by atoms with Crippen LogP contribution in [0, 0.1) is 5.82 Å². The molecule has 96 valence electrons. The van der Waals surface area contributed by atoms with Crippen molar-refractivity contribution < 1.29 is 9.13 Å². The topological polar surface area (TPSA) is 24.5 Å². The number of hydrogen-bond acceptors (Lipinski definition) is 3. The van der Waals surface area contributed by atoms with E-state index < -0.39 is 0 Å². The van der Waals surface area contributed by atoms with Gasteiger partial charge >= 0.3 is 0 Å². The fourth-order valence-corrected chi connectivity index (χ4v) is 1.79. The number of nitrogens with zero attached hydrogens (tertiary/aromatic N) is 1. The molecule has 3 nitrogen and oxygen atoms in total. The molecule has 0 aromatic heterocycles. The molecule has 0 saturated heterocycles. The Bertz CT molecular complexity index is 344. The second-order valence-corrected chi connectivity index (χ2v) is 3.92. The third-order valence-electron chi connectivity index (χ3n) is 2.64. The number of anilines is 1. The molecule has 0 heterocycles. The minimum atomic E-state index is -0.191. The maximum absolute atomic E-state index is 13.5. The predicted octanol–water partition coefficient (Wildman–Crippen LogP) is 2.02. The summed E-state index contributed by atoms with van der Waals surface area (Å²) in [5.41, 5.74) is 1.87. The molecule has 0 aliphatic heterocycles. The molecule has 0 bridgehead atoms. The van der Waals surface area contributed by atoms with E-state index in [4.69, 9.17) is 4.74 Å². The van der Waals surface area contributed by atoms with Gasteiger partial charge in [0.05, 0.1) is 6.61 Å². The van der Waals surface area contributed by atoms with E-state index in [0.29, 0.717) is 13.2 Å². The van der Waals surface area contributed by atoms with E-state index in [1.165, 1.54) is 0 Å². The van der Waals surface area contributed by atoms with Gasteiger partial charge in [0.25, 0.3) is 0 Å². The fourth-order valence-electron chi connectivity index (χ4n) is 1.79. The Hall–Kier alpha value is -1.13. The second-order valence-electron chi connectivity index (χ2n) is 3.92. The Morgan fingerprint density at radius 2 is 2.12 bits per heavy atom. The summed E-state index contributed by atoms with van der Waals surface area (Å²) in [6.45, 7) is 4.98. The normalized spacial score (nSPS) is 10.6. The molecule has 0 aliphatic carbocycles. The van der Waals surface area contributed by atoms with Crippen LogP contribution in [0.3, 0.4) is 0 Å². The van der Waals surface area contributed by atoms with Crippen LogP contribution in [0.5, 0.6) is 0 Å². The van der Waals surface area contributed by atoms with E-state index in [1.54, 1.807) is 19.2 Å². The zero-order valence-electron chi connectivity index (χ0n) is 10.8. The summed E-state index contributed by atoms with van der Waals surface area (Å²) in [6, 6.07) is 5.14. The largest absolute Gasteiger partial charge is 0.383 e. The lowest BCUT2D eigenvalue weighted by Crippen LogP contribution is -2.27. The van der Waals surface area contributed by atoms with Crippen molar-refractivity contribution in [2.75, 3.05) is 38.8 Å². The highest BCUT2D eigenvalue weighted by atomic mass is 19.1. The highest BCUT2D eigenvalue weighted by Crippen LogP contribution is 2.18. The van der Waals surface area contributed by atoms with Gasteiger partial charge in [-0.15, -0.1) is 0 Å². The number of methoxy groups -OCH3 is 1. The van der Waals surface area contributed by atoms with Crippen LogP contribution in [0.25, 0.3) is 0 Å². The van der Waals surface area contributed by atoms with Crippen molar-refractivity contribution in [2.45, 2.75) is 13.5 Å². The first-order chi connectivity index (χ1) is 8.21. The molecule has 17 heavy (non-hydrogen) atoms. The number of hydrogen-bond donors (Lipinski definition) is 1. The van der Waals surface area contributed by atoms with Gasteiger partial charge in [-0.1, -0.05) is 0 Å². The number of nitrogens with one attached hydrogen (secondary N) is 1. The summed E-state index contributed by atoms with van der Waals surface area (Å²) < 4.78 is 18.5. The highest BCUT2D eigenvalue weighted by Gasteiger charge is 2.07. The van der Waals surface area contributed by atoms with E-state index in [9.17, 15) is 4.39 Å². The summed E-state index contributed by atoms with van der Waals surface area (Å²) in [6.07, 6.45) is 0. The van der Waals surface area contributed by atoms with Gasteiger partial charge in [0.1, 0.15) is 5.82 Å². The van der Waals surface area contributed by atoms with Gasteiger partial charge in [-0.25, -0.2) is 4.39 Å². The Kier molecular flexibility index (Phi) is 5.94. The molecular formula is C13H21FN2O. The molecule has 1 aromatic carbocycles. The van der Waals surface area contributed by atoms with Gasteiger partial charge in [0.15, 0.2) is 0 Å². The van der Waals surface area contributed by atoms with Crippen LogP contribution in [-0.4, -0.2) is 33.9 Å². The Morgan fingerprint density at radius 3 is 2.71 bits per heavy atom. The third-order valence-corrected chi connectivity index (χ3v) is 2.64. The lowest BCUT2D eigenvalue weighted by atomic mass is 10.1. The van der Waals surface area contributed by atoms with E-state index in [1.807, 2.05) is 13.1 Å². The van der Waals surface area contributed by atoms with Gasteiger partial charge in [-0.3, -0.25) is 0 Å². The zero-order valence-corrected chi connectivity index (χ0v) is 10.8. The maximum Gasteiger partial charge on any atom is 0.125 e. The second kappa shape index (κ2) is 7.25. The molecule has 0 unspecified atom stereocenters. The maximum atomic E-state index is 13.5. The van der Waals surface area contributed by atoms with Crippen molar-refractivity contribution in [1.82, 2.24) is 5.32 Å². The van der Waals surface area contributed by atoms with Crippen LogP contribution in [0.2, 0.25) is 0 Å². The average Bonchev–Trinajstić information content (AvgIpc) is 2.30. The predicted molar refractivity (Wildman–Crippen MR) is 68.9 cm³/mol. The Morgan fingerprint density at radius 1 is 1.35 bits per heavy atom. The van der Waals surface area contributed by atoms with Crippen LogP contribution >= 0.6 is 0 Å². The van der Waals surface area contributed by atoms with Crippen molar-refractivity contribution in [3.63, 3.8) is 0 Å². The molecule has 0 amide bonds. The zero-order chi connectivity index (χ0) is 12.7. The summed E-state index contributed by atoms with van der Waals surface area (Å²) in [7, 11) is 3.53. The quantitative estimate of drug-likeness (QED) is 0.789. The molecular weight excluding hydrogens is 219 g/mol. The first kappa shape index (κ1) is 13.9. The number of ether oxygens (including phenoxy) is 1. The summed E-state index contributed by atoms with van der Waals surface area (Å²) in [4.78, 5) is 2.10. The molecule has 4 heteroatoms. The van der Waals surface area contributed by atoms with Crippen LogP contribution in [-0.2, 0) is 11.3 Å². The summed E-state index contributed by atoms with van der Waals surface area (Å²) in [5.74, 6) is -0.191. The number of benzene rings is 1. The van der Waals surface area contributed by atoms with E-state index in [-0.39, 0.29) is 5.82 Å². The SMILES string of the molecule is CCN(CCOC)c1cc(F)cc(CNC)c1. The molecule has 0 saturated carbocycles. The van der Waals surface area contributed by atoms with Crippen LogP contribution in [0.4, 0.5) is 10.1 Å². The summed E-state index contributed by atoms with van der Waals surface area (Å²) in [5, 5.41) is 3.03. The van der Waals surface area contributed by atoms with Crippen molar-refractivity contribution >= 4 is 5.69 Å². The molecule has 0 aliphatic rings. The van der Waals surface area contributed by atoms with Gasteiger partial charge in [-0.2, -0.15) is 0 Å². The smallest absolute Gasteiger partial charge is 0.125 e. The molecule has 0 fully saturated rings. The number of halogens is 1. The molecule has 1 N–H and O–H groups in total. The Balaban J connectivity index is 2.85. The first-order valence-corrected chi connectivity index (χ1v) is 5.89. The lowest BCUT2D eigenvalue weighted by molar-refractivity contribution is 0.205. The van der Waals surface area contributed by atoms with Crippen molar-refractivity contribution in [2.24, 2.45) is 0 Å². The monoisotopic (exact) mass is 240 g/mol. The lowest BCUT2D eigenvalue weighted by Gasteiger charge is -2.23. The van der Waals surface area contributed by atoms with E-state index in [2.05, 4.69) is 17.1 Å². The highest BCUT2D eigenvalue weighted by molar-refractivity contribution is 5.49. The van der Waals surface area contributed by atoms with Gasteiger partial charge in [0.2, 0.25) is 0 Å². The van der Waals surface area contributed by atoms with E-state index >= 15 is 0 Å². The number of likely N-dealkylation sites (N-methyl/N-ethyl adjacent to an activating group) is 1. The average molecular weight is 240 g/mol. The molecule has 0 radical (unpaired) electrons. The summed E-state index contributed by atoms with van der Waals surface area (Å²) >= 11 is 0. The third kappa shape index (κ3) is 4.32. The van der Waals surface area contributed by atoms with Crippen molar-refractivity contribution in [1.29, 1.82) is 0 Å². The molecule has 0 spiro atoms. The standard InChI is InChI=1S/C13H21FN2O/c1-4-16(5-6-17-3)13-8-11(10-15-2)7-12(14)9-13/h7-9,15H,4-6,10H2,1-3H3. The number of rotatable bonds is 7. The van der Waals surface area contributed by atoms with Crippen molar-refractivity contribution in [3.8, 4) is 0 Å². The molecule has 0 atom stereocenters. The van der Waals surface area contributed by atoms with Crippen molar-refractivity contribution in [3.05, 3.63) is 29.6 Å². The first-order valence-electron chi connectivity index (χ1n) is 5.89. The Labute approximate surface area is 103 Å². The minimum absolute atomic E-state index is 0.191. The van der Waals surface area contributed by atoms with Gasteiger partial charge < -0.3 is 15.0 Å². The van der Waals surface area contributed by atoms with Crippen LogP contribution in [0.15, 0.2) is 18.2 Å². The molecule has 1 aromatic rings.